The van der Waals surface area contributed by atoms with Crippen molar-refractivity contribution in [1.29, 1.82) is 0 Å². The molecule has 45 heavy (non-hydrogen) atoms. The SMILES string of the molecule is NCCCC[C@@H]1NC(=O)[C@H](CO)NC(=O)[C@@H]2CCCN2C(=O)[C@H](CC(=O)O)NC(=O)CNC(=O)[C@H](CCCN=C(N)N)NC1=O. The Hall–Kier alpha value is -4.52. The summed E-state index contributed by atoms with van der Waals surface area (Å²) in [5, 5.41) is 31.4. The minimum absolute atomic E-state index is 0.0191. The molecular weight excluding hydrogens is 596 g/mol. The van der Waals surface area contributed by atoms with E-state index in [0.29, 0.717) is 25.8 Å². The number of guanidine groups is 1. The first-order valence-electron chi connectivity index (χ1n) is 14.7. The molecule has 0 unspecified atom stereocenters. The highest BCUT2D eigenvalue weighted by Gasteiger charge is 2.40. The van der Waals surface area contributed by atoms with Crippen LogP contribution in [0.1, 0.15) is 51.4 Å². The first-order valence-corrected chi connectivity index (χ1v) is 14.7. The van der Waals surface area contributed by atoms with E-state index in [0.717, 1.165) is 4.90 Å². The molecule has 0 spiro atoms. The summed E-state index contributed by atoms with van der Waals surface area (Å²) in [5.41, 5.74) is 16.3. The van der Waals surface area contributed by atoms with E-state index in [1.165, 1.54) is 0 Å². The average Bonchev–Trinajstić information content (AvgIpc) is 3.48. The number of rotatable bonds is 11. The zero-order valence-electron chi connectivity index (χ0n) is 25.0. The molecule has 0 bridgehead atoms. The fraction of sp³-hybridized carbons (Fsp3) is 0.692. The van der Waals surface area contributed by atoms with E-state index < -0.39 is 91.2 Å². The lowest BCUT2D eigenvalue weighted by Crippen LogP contribution is -2.60. The van der Waals surface area contributed by atoms with Gasteiger partial charge >= 0.3 is 5.97 Å². The second-order valence-corrected chi connectivity index (χ2v) is 10.7. The summed E-state index contributed by atoms with van der Waals surface area (Å²) in [5.74, 6) is -6.50. The number of carboxylic acid groups (broad SMARTS) is 1. The van der Waals surface area contributed by atoms with Crippen LogP contribution in [0.25, 0.3) is 0 Å². The van der Waals surface area contributed by atoms with Gasteiger partial charge < -0.3 is 58.9 Å². The van der Waals surface area contributed by atoms with Gasteiger partial charge in [0.05, 0.1) is 19.6 Å². The van der Waals surface area contributed by atoms with Crippen LogP contribution in [0.5, 0.6) is 0 Å². The van der Waals surface area contributed by atoms with E-state index in [4.69, 9.17) is 17.2 Å². The van der Waals surface area contributed by atoms with Crippen molar-refractivity contribution in [3.8, 4) is 0 Å². The highest BCUT2D eigenvalue weighted by molar-refractivity contribution is 5.98. The van der Waals surface area contributed by atoms with Crippen LogP contribution in [0, 0.1) is 0 Å². The summed E-state index contributed by atoms with van der Waals surface area (Å²) in [4.78, 5) is 95.4. The Morgan fingerprint density at radius 2 is 1.47 bits per heavy atom. The highest BCUT2D eigenvalue weighted by atomic mass is 16.4. The van der Waals surface area contributed by atoms with Gasteiger partial charge in [0.25, 0.3) is 0 Å². The molecule has 252 valence electrons. The number of hydrogen-bond donors (Lipinski definition) is 10. The van der Waals surface area contributed by atoms with Crippen LogP contribution in [0.3, 0.4) is 0 Å². The number of aliphatic carboxylic acids is 1. The molecule has 0 saturated carbocycles. The van der Waals surface area contributed by atoms with Crippen molar-refractivity contribution < 1.29 is 43.8 Å². The molecule has 19 heteroatoms. The molecular formula is C26H44N10O9. The van der Waals surface area contributed by atoms with E-state index in [1.54, 1.807) is 0 Å². The molecule has 0 radical (unpaired) electrons. The van der Waals surface area contributed by atoms with Crippen molar-refractivity contribution in [2.75, 3.05) is 32.8 Å². The van der Waals surface area contributed by atoms with Crippen molar-refractivity contribution in [3.63, 3.8) is 0 Å². The van der Waals surface area contributed by atoms with Gasteiger partial charge in [-0.3, -0.25) is 38.6 Å². The molecule has 0 aromatic heterocycles. The van der Waals surface area contributed by atoms with Gasteiger partial charge in [-0.25, -0.2) is 0 Å². The molecule has 2 saturated heterocycles. The Morgan fingerprint density at radius 1 is 0.844 bits per heavy atom. The number of carboxylic acids is 1. The Morgan fingerprint density at radius 3 is 2.09 bits per heavy atom. The molecule has 0 aromatic rings. The van der Waals surface area contributed by atoms with Crippen LogP contribution in [-0.4, -0.2) is 125 Å². The minimum atomic E-state index is -1.57. The maximum Gasteiger partial charge on any atom is 0.305 e. The number of carbonyl (C=O) groups is 7. The first kappa shape index (κ1) is 36.7. The normalized spacial score (nSPS) is 25.5. The van der Waals surface area contributed by atoms with Gasteiger partial charge in [-0.05, 0) is 51.5 Å². The van der Waals surface area contributed by atoms with Crippen molar-refractivity contribution in [2.45, 2.75) is 81.6 Å². The molecule has 2 fully saturated rings. The van der Waals surface area contributed by atoms with Crippen LogP contribution < -0.4 is 43.8 Å². The topological polar surface area (TPSA) is 314 Å². The maximum atomic E-state index is 13.4. The van der Waals surface area contributed by atoms with Gasteiger partial charge in [0.15, 0.2) is 5.96 Å². The number of nitrogens with two attached hydrogens (primary N) is 3. The molecule has 2 heterocycles. The molecule has 5 atom stereocenters. The predicted octanol–water partition coefficient (Wildman–Crippen LogP) is -5.30. The minimum Gasteiger partial charge on any atom is -0.481 e. The summed E-state index contributed by atoms with van der Waals surface area (Å²) in [6.45, 7) is -1.00. The van der Waals surface area contributed by atoms with Crippen LogP contribution >= 0.6 is 0 Å². The fourth-order valence-corrected chi connectivity index (χ4v) is 4.95. The first-order chi connectivity index (χ1) is 21.4. The van der Waals surface area contributed by atoms with Crippen molar-refractivity contribution in [3.05, 3.63) is 0 Å². The van der Waals surface area contributed by atoms with Gasteiger partial charge in [0.2, 0.25) is 35.4 Å². The van der Waals surface area contributed by atoms with E-state index in [-0.39, 0.29) is 44.7 Å². The third-order valence-electron chi connectivity index (χ3n) is 7.25. The highest BCUT2D eigenvalue weighted by Crippen LogP contribution is 2.20. The number of nitrogens with zero attached hydrogens (tertiary/aromatic N) is 2. The molecule has 2 rings (SSSR count). The maximum absolute atomic E-state index is 13.4. The number of nitrogens with one attached hydrogen (secondary N) is 5. The quantitative estimate of drug-likeness (QED) is 0.0575. The van der Waals surface area contributed by atoms with Gasteiger partial charge in [-0.1, -0.05) is 0 Å². The van der Waals surface area contributed by atoms with Crippen molar-refractivity contribution >= 4 is 47.4 Å². The summed E-state index contributed by atoms with van der Waals surface area (Å²) in [6, 6.07) is -6.60. The van der Waals surface area contributed by atoms with Gasteiger partial charge in [-0.2, -0.15) is 0 Å². The van der Waals surface area contributed by atoms with Crippen molar-refractivity contribution in [2.24, 2.45) is 22.2 Å². The Labute approximate surface area is 259 Å². The number of carbonyl (C=O) groups excluding carboxylic acids is 6. The fourth-order valence-electron chi connectivity index (χ4n) is 4.95. The molecule has 2 aliphatic rings. The lowest BCUT2D eigenvalue weighted by Gasteiger charge is -2.30. The lowest BCUT2D eigenvalue weighted by atomic mass is 10.1. The largest absolute Gasteiger partial charge is 0.481 e. The summed E-state index contributed by atoms with van der Waals surface area (Å²) >= 11 is 0. The molecule has 6 amide bonds. The number of aliphatic hydroxyl groups excluding tert-OH is 1. The summed E-state index contributed by atoms with van der Waals surface area (Å²) in [6.07, 6.45) is 1.05. The van der Waals surface area contributed by atoms with E-state index in [2.05, 4.69) is 31.6 Å². The molecule has 13 N–H and O–H groups in total. The average molecular weight is 641 g/mol. The van der Waals surface area contributed by atoms with E-state index in [1.807, 2.05) is 0 Å². The van der Waals surface area contributed by atoms with Crippen LogP contribution in [-0.2, 0) is 33.6 Å². The number of amides is 6. The number of fused-ring (bicyclic) bond motifs is 1. The molecule has 2 aliphatic heterocycles. The van der Waals surface area contributed by atoms with Crippen LogP contribution in [0.15, 0.2) is 4.99 Å². The third kappa shape index (κ3) is 11.8. The number of hydrogen-bond acceptors (Lipinski definition) is 10. The zero-order chi connectivity index (χ0) is 33.5. The Kier molecular flexibility index (Phi) is 14.9. The standard InChI is InChI=1S/C26H44N10O9/c27-8-2-1-5-15-22(42)33-14(6-3-9-30-26(28)29)21(41)31-12-19(38)32-16(11-20(39)40)25(45)36-10-4-7-18(36)24(44)35-17(13-37)23(43)34-15/h14-18,37H,1-13,27H2,(H,31,41)(H,32,38)(H,33,42)(H,34,43)(H,35,44)(H,39,40)(H4,28,29,30)/t14-,15-,16-,17-,18-/m0/s1. The van der Waals surface area contributed by atoms with Crippen LogP contribution in [0.4, 0.5) is 0 Å². The zero-order valence-corrected chi connectivity index (χ0v) is 25.0. The van der Waals surface area contributed by atoms with Gasteiger partial charge in [0, 0.05) is 13.1 Å². The van der Waals surface area contributed by atoms with E-state index >= 15 is 0 Å². The molecule has 19 nitrogen and oxygen atoms in total. The summed E-state index contributed by atoms with van der Waals surface area (Å²) < 4.78 is 0. The predicted molar refractivity (Wildman–Crippen MR) is 158 cm³/mol. The number of aliphatic imine (C=N–C) groups is 1. The lowest BCUT2D eigenvalue weighted by molar-refractivity contribution is -0.146. The molecule has 0 aliphatic carbocycles. The summed E-state index contributed by atoms with van der Waals surface area (Å²) in [7, 11) is 0. The number of unbranched alkanes of at least 4 members (excludes halogenated alkanes) is 1. The molecule has 0 aromatic carbocycles. The Bertz CT molecular complexity index is 1130. The number of aliphatic hydroxyl groups is 1. The van der Waals surface area contributed by atoms with Crippen LogP contribution in [0.2, 0.25) is 0 Å². The van der Waals surface area contributed by atoms with Gasteiger partial charge in [0.1, 0.15) is 30.2 Å². The van der Waals surface area contributed by atoms with E-state index in [9.17, 15) is 43.8 Å². The Balaban J connectivity index is 2.43. The van der Waals surface area contributed by atoms with Gasteiger partial charge in [-0.15, -0.1) is 0 Å². The second kappa shape index (κ2) is 18.3. The van der Waals surface area contributed by atoms with Crippen molar-refractivity contribution in [1.82, 2.24) is 31.5 Å². The third-order valence-corrected chi connectivity index (χ3v) is 7.25. The second-order valence-electron chi connectivity index (χ2n) is 10.7. The smallest absolute Gasteiger partial charge is 0.305 e. The monoisotopic (exact) mass is 640 g/mol.